The van der Waals surface area contributed by atoms with Gasteiger partial charge in [-0.1, -0.05) is 53.4 Å². The first-order valence-corrected chi connectivity index (χ1v) is 16.4. The number of Topliss-reactive ketones (excluding diaryl/α,β-unsaturated/α-hetero) is 1. The number of nitrogens with one attached hydrogen (secondary N) is 1. The molecule has 7 nitrogen and oxygen atoms in total. The molecule has 0 saturated heterocycles. The molecule has 0 aliphatic carbocycles. The van der Waals surface area contributed by atoms with Crippen molar-refractivity contribution in [2.45, 2.75) is 96.4 Å². The molecule has 1 atom stereocenters. The zero-order valence-corrected chi connectivity index (χ0v) is 24.9. The number of nitrogens with zero attached hydrogens (tertiary/aromatic N) is 3. The number of hydrogen-bond donors (Lipinski definition) is 1. The number of rotatable bonds is 17. The quantitative estimate of drug-likeness (QED) is 0.101. The van der Waals surface area contributed by atoms with E-state index in [4.69, 9.17) is 0 Å². The molecular weight excluding hydrogens is 532 g/mol. The highest BCUT2D eigenvalue weighted by molar-refractivity contribution is 7.80. The second-order valence-electron chi connectivity index (χ2n) is 11.8. The molecule has 1 N–H and O–H groups in total. The lowest BCUT2D eigenvalue weighted by Gasteiger charge is -2.24. The lowest BCUT2D eigenvalue weighted by Crippen LogP contribution is -2.62. The van der Waals surface area contributed by atoms with E-state index in [-0.39, 0.29) is 0 Å². The van der Waals surface area contributed by atoms with E-state index in [1.165, 1.54) is 56.5 Å². The van der Waals surface area contributed by atoms with Crippen LogP contribution in [0.25, 0.3) is 0 Å². The second-order valence-corrected chi connectivity index (χ2v) is 12.5. The Kier molecular flexibility index (Phi) is 10.3. The zero-order chi connectivity index (χ0) is 28.5. The average Bonchev–Trinajstić information content (AvgIpc) is 3.45. The number of benzene rings is 1. The summed E-state index contributed by atoms with van der Waals surface area (Å²) < 4.78 is 29.8. The summed E-state index contributed by atoms with van der Waals surface area (Å²) in [5.74, 6) is 0.361. The van der Waals surface area contributed by atoms with Crippen LogP contribution in [0.5, 0.6) is 0 Å². The maximum Gasteiger partial charge on any atom is 0.484 e. The van der Waals surface area contributed by atoms with Crippen LogP contribution in [0.1, 0.15) is 93.9 Å². The second kappa shape index (κ2) is 14.3. The van der Waals surface area contributed by atoms with E-state index in [0.717, 1.165) is 48.8 Å². The standard InChI is InChI=1S/C33H44N4O3S/c38-32(18-13-14-28-19-21-29(22-20-28)34-41(39)40)17-7-5-3-1-2-4-6-12-25-37-26-30-15-8-10-23-35(30)33(37)36-24-11-9-16-31(36)27-37/h8-11,15-16,19-24,33-34H,1-7,12-14,17-18,25-27H2/q+2. The number of carbonyl (C=O) groups is 1. The molecule has 41 heavy (non-hydrogen) atoms. The van der Waals surface area contributed by atoms with E-state index >= 15 is 0 Å². The Bertz CT molecular complexity index is 1280. The van der Waals surface area contributed by atoms with Gasteiger partial charge in [0.05, 0.1) is 6.54 Å². The van der Waals surface area contributed by atoms with Gasteiger partial charge in [0.1, 0.15) is 5.78 Å². The number of aryl methyl sites for hydroxylation is 1. The summed E-state index contributed by atoms with van der Waals surface area (Å²) in [7, 11) is 0. The third-order valence-electron chi connectivity index (χ3n) is 8.78. The van der Waals surface area contributed by atoms with Crippen molar-refractivity contribution in [3.63, 3.8) is 0 Å². The van der Waals surface area contributed by atoms with Crippen LogP contribution in [0, 0.1) is 0 Å². The van der Waals surface area contributed by atoms with Crippen LogP contribution in [0.3, 0.4) is 0 Å². The van der Waals surface area contributed by atoms with Crippen molar-refractivity contribution in [2.75, 3.05) is 11.3 Å². The number of fused-ring (bicyclic) bond motifs is 5. The Labute approximate surface area is 247 Å². The summed E-state index contributed by atoms with van der Waals surface area (Å²) in [4.78, 5) is 12.3. The maximum atomic E-state index is 12.3. The van der Waals surface area contributed by atoms with Gasteiger partial charge in [-0.25, -0.2) is 0 Å². The average molecular weight is 577 g/mol. The summed E-state index contributed by atoms with van der Waals surface area (Å²) >= 11 is -2.30. The first-order valence-electron chi connectivity index (χ1n) is 15.3. The lowest BCUT2D eigenvalue weighted by molar-refractivity contribution is -1.16. The molecule has 5 rings (SSSR count). The van der Waals surface area contributed by atoms with Crippen LogP contribution >= 0.6 is 0 Å². The maximum absolute atomic E-state index is 12.3. The van der Waals surface area contributed by atoms with Crippen molar-refractivity contribution in [1.82, 2.24) is 0 Å². The SMILES string of the molecule is O=C(CCCCCCCCCC[N+]12Cc3cccc[n+]3C1[n+]1ccccc1C2)CCCc1ccc(NS(=O)[O-])cc1. The molecule has 0 radical (unpaired) electrons. The fourth-order valence-corrected chi connectivity index (χ4v) is 7.09. The molecule has 1 aromatic carbocycles. The molecule has 2 aliphatic heterocycles. The number of anilines is 1. The van der Waals surface area contributed by atoms with Crippen molar-refractivity contribution in [3.8, 4) is 0 Å². The molecule has 0 saturated carbocycles. The first kappa shape index (κ1) is 29.5. The van der Waals surface area contributed by atoms with Gasteiger partial charge in [-0.15, -0.1) is 0 Å². The van der Waals surface area contributed by atoms with E-state index in [9.17, 15) is 13.6 Å². The van der Waals surface area contributed by atoms with E-state index in [1.54, 1.807) is 12.1 Å². The Morgan fingerprint density at radius 3 is 1.95 bits per heavy atom. The third kappa shape index (κ3) is 7.67. The molecule has 0 spiro atoms. The summed E-state index contributed by atoms with van der Waals surface area (Å²) in [5.41, 5.74) is 4.57. The summed E-state index contributed by atoms with van der Waals surface area (Å²) in [6, 6.07) is 20.6. The Balaban J connectivity index is 0.910. The van der Waals surface area contributed by atoms with Gasteiger partial charge in [-0.3, -0.25) is 9.00 Å². The fourth-order valence-electron chi connectivity index (χ4n) is 6.76. The van der Waals surface area contributed by atoms with Gasteiger partial charge in [0.25, 0.3) is 0 Å². The predicted molar refractivity (Wildman–Crippen MR) is 159 cm³/mol. The highest BCUT2D eigenvalue weighted by Gasteiger charge is 2.63. The molecule has 3 aromatic rings. The summed E-state index contributed by atoms with van der Waals surface area (Å²) in [6.07, 6.45) is 17.7. The van der Waals surface area contributed by atoms with Crippen molar-refractivity contribution in [2.24, 2.45) is 0 Å². The van der Waals surface area contributed by atoms with Crippen LogP contribution in [0.15, 0.2) is 73.1 Å². The van der Waals surface area contributed by atoms with Gasteiger partial charge >= 0.3 is 6.29 Å². The highest BCUT2D eigenvalue weighted by Crippen LogP contribution is 2.34. The molecule has 0 amide bonds. The van der Waals surface area contributed by atoms with Gasteiger partial charge in [-0.05, 0) is 61.9 Å². The number of quaternary nitrogens is 1. The fraction of sp³-hybridized carbons (Fsp3) is 0.485. The molecule has 0 fully saturated rings. The van der Waals surface area contributed by atoms with Gasteiger partial charge in [0.2, 0.25) is 11.4 Å². The Morgan fingerprint density at radius 2 is 1.34 bits per heavy atom. The molecule has 2 aromatic heterocycles. The zero-order valence-electron chi connectivity index (χ0n) is 24.1. The largest absolute Gasteiger partial charge is 0.755 e. The Hall–Kier alpha value is -2.94. The van der Waals surface area contributed by atoms with Gasteiger partial charge in [-0.2, -0.15) is 4.48 Å². The van der Waals surface area contributed by atoms with Gasteiger partial charge < -0.3 is 9.27 Å². The topological polar surface area (TPSA) is 77.0 Å². The highest BCUT2D eigenvalue weighted by atomic mass is 32.2. The third-order valence-corrected chi connectivity index (χ3v) is 9.18. The molecule has 4 heterocycles. The molecular formula is C33H44N4O3S+2. The number of ketones is 1. The van der Waals surface area contributed by atoms with Crippen LogP contribution in [0.4, 0.5) is 5.69 Å². The molecule has 1 unspecified atom stereocenters. The predicted octanol–water partition coefficient (Wildman–Crippen LogP) is 5.42. The Morgan fingerprint density at radius 1 is 0.780 bits per heavy atom. The van der Waals surface area contributed by atoms with E-state index in [1.807, 2.05) is 12.1 Å². The van der Waals surface area contributed by atoms with Gasteiger partial charge in [0.15, 0.2) is 25.5 Å². The van der Waals surface area contributed by atoms with Crippen LogP contribution < -0.4 is 13.9 Å². The van der Waals surface area contributed by atoms with E-state index in [2.05, 4.69) is 62.6 Å². The van der Waals surface area contributed by atoms with Gasteiger partial charge in [0, 0.05) is 54.1 Å². The van der Waals surface area contributed by atoms with Crippen molar-refractivity contribution < 1.29 is 27.2 Å². The number of carbonyl (C=O) groups excluding carboxylic acids is 1. The number of aromatic nitrogens is 2. The van der Waals surface area contributed by atoms with Crippen molar-refractivity contribution >= 4 is 22.7 Å². The van der Waals surface area contributed by atoms with E-state index in [0.29, 0.717) is 30.6 Å². The molecule has 8 heteroatoms. The van der Waals surface area contributed by atoms with Crippen molar-refractivity contribution in [1.29, 1.82) is 0 Å². The lowest BCUT2D eigenvalue weighted by atomic mass is 10.0. The normalized spacial score (nSPS) is 19.4. The first-order chi connectivity index (χ1) is 20.0. The monoisotopic (exact) mass is 576 g/mol. The van der Waals surface area contributed by atoms with Crippen LogP contribution in [0.2, 0.25) is 0 Å². The van der Waals surface area contributed by atoms with Crippen LogP contribution in [-0.4, -0.2) is 25.6 Å². The smallest absolute Gasteiger partial charge is 0.484 e. The van der Waals surface area contributed by atoms with Crippen LogP contribution in [-0.2, 0) is 35.6 Å². The number of unbranched alkanes of at least 4 members (excludes halogenated alkanes) is 7. The molecule has 2 aliphatic rings. The minimum Gasteiger partial charge on any atom is -0.755 e. The summed E-state index contributed by atoms with van der Waals surface area (Å²) in [5, 5.41) is 0. The number of hydrogen-bond acceptors (Lipinski definition) is 3. The van der Waals surface area contributed by atoms with Crippen molar-refractivity contribution in [3.05, 3.63) is 90.0 Å². The summed E-state index contributed by atoms with van der Waals surface area (Å²) in [6.45, 7) is 3.46. The minimum absolute atomic E-state index is 0.360. The number of pyridine rings is 2. The molecule has 218 valence electrons. The molecule has 0 bridgehead atoms. The minimum atomic E-state index is -2.30. The van der Waals surface area contributed by atoms with E-state index < -0.39 is 11.3 Å².